The van der Waals surface area contributed by atoms with Crippen LogP contribution in [0.2, 0.25) is 0 Å². The van der Waals surface area contributed by atoms with Crippen LogP contribution in [0.3, 0.4) is 0 Å². The number of nitrogens with zero attached hydrogens (tertiary/aromatic N) is 2. The van der Waals surface area contributed by atoms with Crippen LogP contribution in [-0.2, 0) is 11.3 Å². The number of nitrogens with one attached hydrogen (secondary N) is 1. The van der Waals surface area contributed by atoms with Gasteiger partial charge in [-0.2, -0.15) is 0 Å². The number of nitrogen functional groups attached to an aromatic ring is 1. The second-order valence-electron chi connectivity index (χ2n) is 5.17. The highest BCUT2D eigenvalue weighted by Crippen LogP contribution is 2.12. The van der Waals surface area contributed by atoms with Crippen molar-refractivity contribution in [1.82, 2.24) is 14.8 Å². The van der Waals surface area contributed by atoms with Crippen molar-refractivity contribution < 1.29 is 9.59 Å². The zero-order valence-corrected chi connectivity index (χ0v) is 12.1. The molecule has 1 unspecified atom stereocenters. The topological polar surface area (TPSA) is 80.4 Å². The highest BCUT2D eigenvalue weighted by molar-refractivity contribution is 5.97. The van der Waals surface area contributed by atoms with Gasteiger partial charge in [-0.1, -0.05) is 0 Å². The highest BCUT2D eigenvalue weighted by Gasteiger charge is 2.25. The Bertz CT molecular complexity index is 503. The maximum Gasteiger partial charge on any atom is 0.268 e. The second-order valence-corrected chi connectivity index (χ2v) is 5.17. The minimum absolute atomic E-state index is 0.0153. The fraction of sp³-hybridized carbons (Fsp3) is 0.571. The number of rotatable bonds is 4. The van der Waals surface area contributed by atoms with E-state index in [9.17, 15) is 9.59 Å². The summed E-state index contributed by atoms with van der Waals surface area (Å²) in [4.78, 5) is 26.2. The normalized spacial score (nSPS) is 16.2. The van der Waals surface area contributed by atoms with E-state index in [1.165, 1.54) is 0 Å². The molecule has 6 heteroatoms. The maximum atomic E-state index is 12.2. The quantitative estimate of drug-likeness (QED) is 0.856. The number of carbonyl (C=O) groups is 2. The number of aryl methyl sites for hydroxylation is 1. The Morgan fingerprint density at radius 3 is 2.65 bits per heavy atom. The van der Waals surface area contributed by atoms with E-state index in [1.54, 1.807) is 28.7 Å². The van der Waals surface area contributed by atoms with Crippen LogP contribution in [0.1, 0.15) is 37.2 Å². The monoisotopic (exact) mass is 278 g/mol. The van der Waals surface area contributed by atoms with E-state index >= 15 is 0 Å². The molecule has 110 valence electrons. The molecular formula is C14H22N4O2. The first-order chi connectivity index (χ1) is 9.52. The van der Waals surface area contributed by atoms with Gasteiger partial charge in [-0.05, 0) is 32.8 Å². The van der Waals surface area contributed by atoms with Gasteiger partial charge >= 0.3 is 0 Å². The van der Waals surface area contributed by atoms with Gasteiger partial charge in [-0.25, -0.2) is 0 Å². The van der Waals surface area contributed by atoms with Crippen LogP contribution >= 0.6 is 0 Å². The van der Waals surface area contributed by atoms with Gasteiger partial charge in [0, 0.05) is 25.8 Å². The number of hydrogen-bond donors (Lipinski definition) is 2. The maximum absolute atomic E-state index is 12.2. The predicted octanol–water partition coefficient (Wildman–Crippen LogP) is 0.831. The van der Waals surface area contributed by atoms with E-state index in [0.717, 1.165) is 25.9 Å². The molecule has 1 aliphatic heterocycles. The minimum atomic E-state index is -0.512. The second kappa shape index (κ2) is 5.98. The Labute approximate surface area is 118 Å². The van der Waals surface area contributed by atoms with Crippen molar-refractivity contribution >= 4 is 17.5 Å². The Kier molecular flexibility index (Phi) is 4.32. The zero-order chi connectivity index (χ0) is 14.7. The zero-order valence-electron chi connectivity index (χ0n) is 12.1. The summed E-state index contributed by atoms with van der Waals surface area (Å²) >= 11 is 0. The number of carbonyl (C=O) groups excluding carboxylic acids is 2. The van der Waals surface area contributed by atoms with Crippen molar-refractivity contribution in [2.45, 2.75) is 39.3 Å². The molecule has 0 radical (unpaired) electrons. The lowest BCUT2D eigenvalue weighted by atomic mass is 10.2. The summed E-state index contributed by atoms with van der Waals surface area (Å²) in [5, 5.41) is 2.75. The van der Waals surface area contributed by atoms with Gasteiger partial charge in [-0.3, -0.25) is 9.59 Å². The first-order valence-corrected chi connectivity index (χ1v) is 7.08. The first-order valence-electron chi connectivity index (χ1n) is 7.08. The molecule has 1 aliphatic rings. The molecule has 0 bridgehead atoms. The number of hydrogen-bond acceptors (Lipinski definition) is 3. The smallest absolute Gasteiger partial charge is 0.268 e. The van der Waals surface area contributed by atoms with E-state index in [2.05, 4.69) is 5.32 Å². The summed E-state index contributed by atoms with van der Waals surface area (Å²) in [6.45, 7) is 5.90. The molecule has 1 saturated heterocycles. The fourth-order valence-corrected chi connectivity index (χ4v) is 2.53. The average Bonchev–Trinajstić information content (AvgIpc) is 3.06. The van der Waals surface area contributed by atoms with Gasteiger partial charge in [0.05, 0.1) is 5.69 Å². The van der Waals surface area contributed by atoms with E-state index in [-0.39, 0.29) is 11.8 Å². The summed E-state index contributed by atoms with van der Waals surface area (Å²) in [5.41, 5.74) is 6.75. The van der Waals surface area contributed by atoms with Crippen LogP contribution in [0.15, 0.2) is 12.3 Å². The lowest BCUT2D eigenvalue weighted by Gasteiger charge is -2.21. The third-order valence-corrected chi connectivity index (χ3v) is 3.63. The predicted molar refractivity (Wildman–Crippen MR) is 77.3 cm³/mol. The van der Waals surface area contributed by atoms with Crippen LogP contribution in [-0.4, -0.2) is 40.4 Å². The lowest BCUT2D eigenvalue weighted by Crippen LogP contribution is -2.46. The van der Waals surface area contributed by atoms with Crippen LogP contribution in [0.5, 0.6) is 0 Å². The third kappa shape index (κ3) is 2.95. The average molecular weight is 278 g/mol. The van der Waals surface area contributed by atoms with Crippen LogP contribution in [0.25, 0.3) is 0 Å². The summed E-state index contributed by atoms with van der Waals surface area (Å²) < 4.78 is 1.78. The molecule has 1 fully saturated rings. The van der Waals surface area contributed by atoms with Gasteiger partial charge in [-0.15, -0.1) is 0 Å². The Balaban J connectivity index is 2.01. The molecular weight excluding hydrogens is 256 g/mol. The Hall–Kier alpha value is -1.98. The molecule has 3 N–H and O–H groups in total. The Morgan fingerprint density at radius 2 is 2.05 bits per heavy atom. The van der Waals surface area contributed by atoms with Gasteiger partial charge in [0.1, 0.15) is 11.7 Å². The Morgan fingerprint density at radius 1 is 1.40 bits per heavy atom. The molecule has 1 aromatic heterocycles. The van der Waals surface area contributed by atoms with Crippen molar-refractivity contribution in [3.05, 3.63) is 18.0 Å². The summed E-state index contributed by atoms with van der Waals surface area (Å²) in [7, 11) is 0. The molecule has 1 aromatic rings. The fourth-order valence-electron chi connectivity index (χ4n) is 2.53. The lowest BCUT2D eigenvalue weighted by molar-refractivity contribution is -0.131. The number of likely N-dealkylation sites (tertiary alicyclic amines) is 1. The van der Waals surface area contributed by atoms with Crippen LogP contribution in [0.4, 0.5) is 5.69 Å². The summed E-state index contributed by atoms with van der Waals surface area (Å²) in [5.74, 6) is -0.276. The van der Waals surface area contributed by atoms with Gasteiger partial charge in [0.2, 0.25) is 5.91 Å². The summed E-state index contributed by atoms with van der Waals surface area (Å²) in [6, 6.07) is 1.12. The van der Waals surface area contributed by atoms with E-state index in [0.29, 0.717) is 17.9 Å². The number of amides is 2. The number of anilines is 1. The first kappa shape index (κ1) is 14.4. The van der Waals surface area contributed by atoms with Crippen molar-refractivity contribution in [3.8, 4) is 0 Å². The molecule has 0 aliphatic carbocycles. The molecule has 6 nitrogen and oxygen atoms in total. The van der Waals surface area contributed by atoms with Crippen LogP contribution < -0.4 is 11.1 Å². The van der Waals surface area contributed by atoms with E-state index in [4.69, 9.17) is 5.73 Å². The van der Waals surface area contributed by atoms with Gasteiger partial charge < -0.3 is 20.5 Å². The minimum Gasteiger partial charge on any atom is -0.397 e. The third-order valence-electron chi connectivity index (χ3n) is 3.63. The van der Waals surface area contributed by atoms with E-state index < -0.39 is 6.04 Å². The SMILES string of the molecule is CCn1cc(N)cc1C(=O)NC(C)C(=O)N1CCCC1. The standard InChI is InChI=1S/C14H22N4O2/c1-3-17-9-11(15)8-12(17)13(19)16-10(2)14(20)18-6-4-5-7-18/h8-10H,3-7,15H2,1-2H3,(H,16,19). The molecule has 0 aromatic carbocycles. The van der Waals surface area contributed by atoms with Crippen molar-refractivity contribution in [1.29, 1.82) is 0 Å². The molecule has 0 saturated carbocycles. The molecule has 2 heterocycles. The molecule has 20 heavy (non-hydrogen) atoms. The van der Waals surface area contributed by atoms with Gasteiger partial charge in [0.15, 0.2) is 0 Å². The van der Waals surface area contributed by atoms with Crippen molar-refractivity contribution in [2.24, 2.45) is 0 Å². The largest absolute Gasteiger partial charge is 0.397 e. The molecule has 2 amide bonds. The van der Waals surface area contributed by atoms with Crippen LogP contribution in [0, 0.1) is 0 Å². The molecule has 0 spiro atoms. The van der Waals surface area contributed by atoms with E-state index in [1.807, 2.05) is 6.92 Å². The number of aromatic nitrogens is 1. The van der Waals surface area contributed by atoms with Gasteiger partial charge in [0.25, 0.3) is 5.91 Å². The molecule has 1 atom stereocenters. The number of nitrogens with two attached hydrogens (primary N) is 1. The van der Waals surface area contributed by atoms with Crippen molar-refractivity contribution in [3.63, 3.8) is 0 Å². The summed E-state index contributed by atoms with van der Waals surface area (Å²) in [6.07, 6.45) is 3.81. The highest BCUT2D eigenvalue weighted by atomic mass is 16.2. The van der Waals surface area contributed by atoms with Crippen molar-refractivity contribution in [2.75, 3.05) is 18.8 Å². The molecule has 2 rings (SSSR count).